The molecule has 3 rings (SSSR count). The maximum atomic E-state index is 11.5. The lowest BCUT2D eigenvalue weighted by molar-refractivity contribution is 0.253. The zero-order chi connectivity index (χ0) is 19.1. The Kier molecular flexibility index (Phi) is 6.70. The van der Waals surface area contributed by atoms with Gasteiger partial charge < -0.3 is 15.0 Å². The fourth-order valence-corrected chi connectivity index (χ4v) is 3.36. The summed E-state index contributed by atoms with van der Waals surface area (Å²) in [5, 5.41) is 7.29. The van der Waals surface area contributed by atoms with Crippen molar-refractivity contribution in [3.05, 3.63) is 46.9 Å². The van der Waals surface area contributed by atoms with E-state index in [4.69, 9.17) is 4.74 Å². The minimum Gasteiger partial charge on any atom is -0.495 e. The number of unbranched alkanes of at least 4 members (excludes halogenated alkanes) is 1. The van der Waals surface area contributed by atoms with E-state index in [-0.39, 0.29) is 5.56 Å². The van der Waals surface area contributed by atoms with Gasteiger partial charge in [-0.3, -0.25) is 9.69 Å². The van der Waals surface area contributed by atoms with Crippen molar-refractivity contribution in [2.45, 2.75) is 12.8 Å². The number of nitrogens with one attached hydrogen (secondary N) is 1. The smallest absolute Gasteiger partial charge is 0.268 e. The Morgan fingerprint density at radius 3 is 2.67 bits per heavy atom. The molecule has 0 atom stereocenters. The summed E-state index contributed by atoms with van der Waals surface area (Å²) < 4.78 is 6.81. The van der Waals surface area contributed by atoms with E-state index in [2.05, 4.69) is 32.3 Å². The highest BCUT2D eigenvalue weighted by molar-refractivity contribution is 5.58. The molecule has 1 aliphatic rings. The van der Waals surface area contributed by atoms with Crippen LogP contribution in [0, 0.1) is 0 Å². The summed E-state index contributed by atoms with van der Waals surface area (Å²) in [4.78, 5) is 16.5. The van der Waals surface area contributed by atoms with E-state index in [0.29, 0.717) is 0 Å². The van der Waals surface area contributed by atoms with Crippen LogP contribution in [0.25, 0.3) is 0 Å². The SMILES string of the molecule is COc1ccccc1N1CCN(CCCCNc2cnn(C)c(=O)c2)CC1. The molecular weight excluding hydrogens is 342 g/mol. The van der Waals surface area contributed by atoms with Gasteiger partial charge in [-0.1, -0.05) is 12.1 Å². The molecule has 146 valence electrons. The molecule has 1 N–H and O–H groups in total. The Bertz CT molecular complexity index is 784. The molecule has 0 aliphatic carbocycles. The van der Waals surface area contributed by atoms with Gasteiger partial charge in [0.05, 0.1) is 24.7 Å². The summed E-state index contributed by atoms with van der Waals surface area (Å²) in [6.07, 6.45) is 3.90. The van der Waals surface area contributed by atoms with E-state index < -0.39 is 0 Å². The summed E-state index contributed by atoms with van der Waals surface area (Å²) in [6, 6.07) is 9.81. The third-order valence-corrected chi connectivity index (χ3v) is 5.00. The number of hydrogen-bond donors (Lipinski definition) is 1. The molecule has 1 saturated heterocycles. The summed E-state index contributed by atoms with van der Waals surface area (Å²) in [7, 11) is 3.38. The van der Waals surface area contributed by atoms with Crippen molar-refractivity contribution in [3.63, 3.8) is 0 Å². The zero-order valence-electron chi connectivity index (χ0n) is 16.2. The van der Waals surface area contributed by atoms with Crippen LogP contribution in [0.15, 0.2) is 41.3 Å². The predicted octanol–water partition coefficient (Wildman–Crippen LogP) is 1.80. The van der Waals surface area contributed by atoms with Crippen molar-refractivity contribution in [1.82, 2.24) is 14.7 Å². The molecule has 0 spiro atoms. The lowest BCUT2D eigenvalue weighted by atomic mass is 10.2. The van der Waals surface area contributed by atoms with Crippen LogP contribution in [0.3, 0.4) is 0 Å². The number of piperazine rings is 1. The van der Waals surface area contributed by atoms with Crippen LogP contribution in [0.1, 0.15) is 12.8 Å². The quantitative estimate of drug-likeness (QED) is 0.714. The first-order valence-electron chi connectivity index (χ1n) is 9.55. The first-order valence-corrected chi connectivity index (χ1v) is 9.55. The van der Waals surface area contributed by atoms with E-state index in [1.54, 1.807) is 26.4 Å². The van der Waals surface area contributed by atoms with Crippen LogP contribution < -0.4 is 20.5 Å². The summed E-state index contributed by atoms with van der Waals surface area (Å²) >= 11 is 0. The van der Waals surface area contributed by atoms with Crippen molar-refractivity contribution in [3.8, 4) is 5.75 Å². The van der Waals surface area contributed by atoms with Crippen molar-refractivity contribution < 1.29 is 4.74 Å². The van der Waals surface area contributed by atoms with Gasteiger partial charge in [-0.25, -0.2) is 4.68 Å². The molecule has 1 aliphatic heterocycles. The number of methoxy groups -OCH3 is 1. The fraction of sp³-hybridized carbons (Fsp3) is 0.500. The molecule has 0 radical (unpaired) electrons. The average molecular weight is 371 g/mol. The maximum absolute atomic E-state index is 11.5. The molecule has 7 nitrogen and oxygen atoms in total. The Balaban J connectivity index is 1.35. The third kappa shape index (κ3) is 5.23. The molecule has 0 bridgehead atoms. The van der Waals surface area contributed by atoms with Crippen molar-refractivity contribution in [2.75, 3.05) is 56.6 Å². The maximum Gasteiger partial charge on any atom is 0.268 e. The molecule has 1 fully saturated rings. The van der Waals surface area contributed by atoms with E-state index in [9.17, 15) is 4.79 Å². The first-order chi connectivity index (χ1) is 13.2. The zero-order valence-corrected chi connectivity index (χ0v) is 16.2. The van der Waals surface area contributed by atoms with E-state index in [1.165, 1.54) is 10.4 Å². The Morgan fingerprint density at radius 1 is 1.15 bits per heavy atom. The molecule has 1 aromatic heterocycles. The highest BCUT2D eigenvalue weighted by atomic mass is 16.5. The van der Waals surface area contributed by atoms with Gasteiger partial charge in [-0.2, -0.15) is 5.10 Å². The standard InChI is InChI=1S/C20H29N5O2/c1-23-20(26)15-17(16-22-23)21-9-5-6-10-24-11-13-25(14-12-24)18-7-3-4-8-19(18)27-2/h3-4,7-8,15-16,21H,5-6,9-14H2,1-2H3. The number of ether oxygens (including phenoxy) is 1. The lowest BCUT2D eigenvalue weighted by Gasteiger charge is -2.36. The van der Waals surface area contributed by atoms with E-state index in [0.717, 1.165) is 63.5 Å². The first kappa shape index (κ1) is 19.2. The largest absolute Gasteiger partial charge is 0.495 e. The van der Waals surface area contributed by atoms with Gasteiger partial charge in [-0.15, -0.1) is 0 Å². The number of rotatable bonds is 8. The second-order valence-electron chi connectivity index (χ2n) is 6.84. The number of anilines is 2. The average Bonchev–Trinajstić information content (AvgIpc) is 2.71. The summed E-state index contributed by atoms with van der Waals surface area (Å²) in [5.41, 5.74) is 1.89. The van der Waals surface area contributed by atoms with E-state index in [1.807, 2.05) is 12.1 Å². The predicted molar refractivity (Wildman–Crippen MR) is 109 cm³/mol. The highest BCUT2D eigenvalue weighted by Gasteiger charge is 2.18. The number of aromatic nitrogens is 2. The van der Waals surface area contributed by atoms with Crippen LogP contribution in [0.4, 0.5) is 11.4 Å². The molecule has 0 saturated carbocycles. The van der Waals surface area contributed by atoms with Gasteiger partial charge in [0.25, 0.3) is 5.56 Å². The molecule has 27 heavy (non-hydrogen) atoms. The monoisotopic (exact) mass is 371 g/mol. The molecule has 1 aromatic carbocycles. The minimum absolute atomic E-state index is 0.0899. The van der Waals surface area contributed by atoms with Gasteiger partial charge in [0, 0.05) is 45.8 Å². The normalized spacial score (nSPS) is 15.0. The van der Waals surface area contributed by atoms with Gasteiger partial charge in [0.2, 0.25) is 0 Å². The number of aryl methyl sites for hydroxylation is 1. The molecule has 0 unspecified atom stereocenters. The number of hydrogen-bond acceptors (Lipinski definition) is 6. The van der Waals surface area contributed by atoms with Gasteiger partial charge in [0.1, 0.15) is 5.75 Å². The molecular formula is C20H29N5O2. The van der Waals surface area contributed by atoms with Crippen molar-refractivity contribution in [1.29, 1.82) is 0 Å². The highest BCUT2D eigenvalue weighted by Crippen LogP contribution is 2.28. The van der Waals surface area contributed by atoms with Crippen molar-refractivity contribution in [2.24, 2.45) is 7.05 Å². The minimum atomic E-state index is -0.0899. The second kappa shape index (κ2) is 9.41. The van der Waals surface area contributed by atoms with Crippen LogP contribution in [0.2, 0.25) is 0 Å². The van der Waals surface area contributed by atoms with Crippen LogP contribution in [-0.4, -0.2) is 61.1 Å². The number of benzene rings is 1. The number of nitrogens with zero attached hydrogens (tertiary/aromatic N) is 4. The molecule has 0 amide bonds. The van der Waals surface area contributed by atoms with Crippen LogP contribution in [0.5, 0.6) is 5.75 Å². The third-order valence-electron chi connectivity index (χ3n) is 5.00. The molecule has 7 heteroatoms. The van der Waals surface area contributed by atoms with Gasteiger partial charge in [0.15, 0.2) is 0 Å². The fourth-order valence-electron chi connectivity index (χ4n) is 3.36. The lowest BCUT2D eigenvalue weighted by Crippen LogP contribution is -2.46. The van der Waals surface area contributed by atoms with Crippen LogP contribution >= 0.6 is 0 Å². The Hall–Kier alpha value is -2.54. The van der Waals surface area contributed by atoms with Crippen LogP contribution in [-0.2, 0) is 7.05 Å². The van der Waals surface area contributed by atoms with Crippen molar-refractivity contribution >= 4 is 11.4 Å². The van der Waals surface area contributed by atoms with Gasteiger partial charge in [-0.05, 0) is 31.5 Å². The van der Waals surface area contributed by atoms with E-state index >= 15 is 0 Å². The Labute approximate surface area is 160 Å². The van der Waals surface area contributed by atoms with Gasteiger partial charge >= 0.3 is 0 Å². The number of para-hydroxylation sites is 2. The summed E-state index contributed by atoms with van der Waals surface area (Å²) in [5.74, 6) is 0.947. The topological polar surface area (TPSA) is 62.6 Å². The molecule has 2 aromatic rings. The molecule has 2 heterocycles. The second-order valence-corrected chi connectivity index (χ2v) is 6.84. The Morgan fingerprint density at radius 2 is 1.93 bits per heavy atom. The summed E-state index contributed by atoms with van der Waals surface area (Å²) in [6.45, 7) is 6.16.